The highest BCUT2D eigenvalue weighted by molar-refractivity contribution is 5.79. The maximum Gasteiger partial charge on any atom is 0.308 e. The first-order chi connectivity index (χ1) is 31.8. The summed E-state index contributed by atoms with van der Waals surface area (Å²) in [6.45, 7) is 5.26. The van der Waals surface area contributed by atoms with Gasteiger partial charge in [-0.15, -0.1) is 0 Å². The van der Waals surface area contributed by atoms with E-state index in [0.29, 0.717) is 12.8 Å². The molecule has 0 aromatic carbocycles. The van der Waals surface area contributed by atoms with E-state index in [4.69, 9.17) is 30.4 Å². The number of aliphatic hydroxyl groups is 8. The van der Waals surface area contributed by atoms with Gasteiger partial charge < -0.3 is 76.6 Å². The molecule has 2 saturated heterocycles. The summed E-state index contributed by atoms with van der Waals surface area (Å²) in [6.07, 6.45) is 14.6. The number of hydrogen-bond acceptors (Lipinski definition) is 16. The maximum absolute atomic E-state index is 13.8. The molecule has 3 heterocycles. The number of rotatable bonds is 4. The summed E-state index contributed by atoms with van der Waals surface area (Å²) in [5.41, 5.74) is 12.1. The lowest BCUT2D eigenvalue weighted by Crippen LogP contribution is -2.56. The van der Waals surface area contributed by atoms with Crippen LogP contribution in [-0.2, 0) is 28.5 Å². The Kier molecular flexibility index (Phi) is 23.7. The minimum Gasteiger partial charge on any atom is -0.462 e. The number of nitrogens with two attached hydrogens (primary N) is 2. The summed E-state index contributed by atoms with van der Waals surface area (Å²) >= 11 is 0. The zero-order valence-corrected chi connectivity index (χ0v) is 39.3. The van der Waals surface area contributed by atoms with Crippen LogP contribution in [0.2, 0.25) is 0 Å². The number of nitrogens with one attached hydrogen (secondary N) is 1. The molecule has 1 saturated carbocycles. The molecule has 4 rings (SSSR count). The molecular weight excluding hydrogens is 867 g/mol. The lowest BCUT2D eigenvalue weighted by Gasteiger charge is -2.44. The van der Waals surface area contributed by atoms with Gasteiger partial charge in [-0.05, 0) is 45.4 Å². The van der Waals surface area contributed by atoms with Crippen molar-refractivity contribution in [3.63, 3.8) is 0 Å². The van der Waals surface area contributed by atoms with Crippen molar-refractivity contribution in [2.45, 2.75) is 189 Å². The number of amides is 1. The average Bonchev–Trinajstić information content (AvgIpc) is 3.24. The molecule has 0 spiro atoms. The van der Waals surface area contributed by atoms with E-state index < -0.39 is 103 Å². The molecule has 3 aliphatic heterocycles. The van der Waals surface area contributed by atoms with E-state index in [0.717, 1.165) is 0 Å². The van der Waals surface area contributed by atoms with Crippen molar-refractivity contribution in [1.29, 1.82) is 0 Å². The smallest absolute Gasteiger partial charge is 0.308 e. The molecule has 1 aliphatic carbocycles. The second kappa shape index (κ2) is 28.3. The summed E-state index contributed by atoms with van der Waals surface area (Å²) in [4.78, 5) is 26.4. The van der Waals surface area contributed by atoms with Crippen LogP contribution in [0.25, 0.3) is 0 Å². The molecule has 13 N–H and O–H groups in total. The Morgan fingerprint density at radius 3 is 1.94 bits per heavy atom. The van der Waals surface area contributed by atoms with Crippen molar-refractivity contribution in [2.24, 2.45) is 29.2 Å². The fraction of sp³-hybridized carbons (Fsp3) is 0.680. The van der Waals surface area contributed by atoms with E-state index in [-0.39, 0.29) is 88.3 Å². The van der Waals surface area contributed by atoms with Gasteiger partial charge in [-0.25, -0.2) is 0 Å². The maximum atomic E-state index is 13.8. The van der Waals surface area contributed by atoms with Crippen LogP contribution in [-0.4, -0.2) is 151 Å². The van der Waals surface area contributed by atoms with Gasteiger partial charge in [0.2, 0.25) is 5.91 Å². The van der Waals surface area contributed by atoms with E-state index >= 15 is 0 Å². The molecule has 3 fully saturated rings. The van der Waals surface area contributed by atoms with Gasteiger partial charge in [0.05, 0.1) is 73.9 Å². The topological polar surface area (TPSA) is 297 Å². The van der Waals surface area contributed by atoms with Crippen LogP contribution >= 0.6 is 0 Å². The van der Waals surface area contributed by atoms with E-state index in [1.807, 2.05) is 73.8 Å². The highest BCUT2D eigenvalue weighted by atomic mass is 16.7. The summed E-state index contributed by atoms with van der Waals surface area (Å²) in [6, 6.07) is -0.672. The zero-order chi connectivity index (χ0) is 49.1. The lowest BCUT2D eigenvalue weighted by molar-refractivity contribution is -0.283. The fourth-order valence-corrected chi connectivity index (χ4v) is 8.67. The van der Waals surface area contributed by atoms with E-state index in [9.17, 15) is 50.4 Å². The Bertz CT molecular complexity index is 1720. The molecule has 67 heavy (non-hydrogen) atoms. The van der Waals surface area contributed by atoms with Crippen LogP contribution in [0.5, 0.6) is 0 Å². The first-order valence-electron chi connectivity index (χ1n) is 23.9. The first-order valence-corrected chi connectivity index (χ1v) is 23.9. The van der Waals surface area contributed by atoms with Gasteiger partial charge in [-0.1, -0.05) is 98.9 Å². The summed E-state index contributed by atoms with van der Waals surface area (Å²) < 4.78 is 23.9. The minimum absolute atomic E-state index is 0.00132. The normalized spacial score (nSPS) is 44.3. The van der Waals surface area contributed by atoms with E-state index in [1.165, 1.54) is 0 Å². The van der Waals surface area contributed by atoms with Crippen LogP contribution in [0.1, 0.15) is 97.8 Å². The van der Waals surface area contributed by atoms with Gasteiger partial charge >= 0.3 is 5.97 Å². The van der Waals surface area contributed by atoms with Gasteiger partial charge in [0.1, 0.15) is 6.10 Å². The predicted molar refractivity (Wildman–Crippen MR) is 251 cm³/mol. The monoisotopic (exact) mass is 946 g/mol. The third-order valence-corrected chi connectivity index (χ3v) is 13.1. The van der Waals surface area contributed by atoms with Crippen LogP contribution in [0.4, 0.5) is 0 Å². The zero-order valence-electron chi connectivity index (χ0n) is 39.3. The molecule has 378 valence electrons. The number of carbonyl (C=O) groups is 2. The number of hydrogen-bond donors (Lipinski definition) is 11. The average molecular weight is 946 g/mol. The van der Waals surface area contributed by atoms with Crippen LogP contribution in [0, 0.1) is 17.8 Å². The highest BCUT2D eigenvalue weighted by Gasteiger charge is 2.46. The van der Waals surface area contributed by atoms with Crippen molar-refractivity contribution in [1.82, 2.24) is 5.32 Å². The van der Waals surface area contributed by atoms with E-state index in [1.54, 1.807) is 32.1 Å². The minimum atomic E-state index is -1.93. The molecule has 0 radical (unpaired) electrons. The van der Waals surface area contributed by atoms with Crippen LogP contribution < -0.4 is 16.8 Å². The summed E-state index contributed by atoms with van der Waals surface area (Å²) in [5.74, 6) is -4.28. The SMILES string of the molecule is C[C@@H]1OC(=O)CC(O)CC(O)CCC(O)C(O)CC(O)CC2(O)CCC(C(=O)NC3CC(N)C3)[C@H](CC(O[C@H]3C[C@@H](N)C(O)CO3)/C=C/C=C/C=C/C=C/C=C/C=C/C=C/[C@H](C)C(O)[C@H]1C)O2. The molecule has 17 nitrogen and oxygen atoms in total. The van der Waals surface area contributed by atoms with Crippen molar-refractivity contribution in [2.75, 3.05) is 6.61 Å². The number of esters is 1. The van der Waals surface area contributed by atoms with Crippen LogP contribution in [0.15, 0.2) is 85.1 Å². The Labute approximate surface area is 395 Å². The third-order valence-electron chi connectivity index (χ3n) is 13.1. The lowest BCUT2D eigenvalue weighted by atomic mass is 9.82. The van der Waals surface area contributed by atoms with Gasteiger partial charge in [0.25, 0.3) is 0 Å². The standard InChI is InChI=1S/C50H79N3O14/c1-31-16-14-12-10-8-6-4-5-7-9-11-13-15-17-39(66-47-28-41(52)44(59)30-64-47)27-45-40(49(62)53-35-22-34(51)23-35)20-21-50(63,67-45)29-38(56)25-43(58)42(57)19-18-36(54)24-37(55)26-46(60)65-33(3)32(2)48(31)61/h4-17,31-45,47-48,54-59,61,63H,18-30,51-52H2,1-3H3,(H,53,62)/b5-4+,8-6+,9-7+,12-10+,13-11+,16-14+,17-15+/t31-,32-,33-,34?,35?,36?,37?,38?,39?,40?,41+,42?,43?,44?,45-,47-,48?,50?/m0/s1. The Balaban J connectivity index is 1.53. The van der Waals surface area contributed by atoms with Crippen molar-refractivity contribution >= 4 is 11.9 Å². The molecule has 0 aromatic rings. The van der Waals surface area contributed by atoms with Gasteiger partial charge in [0, 0.05) is 62.1 Å². The molecule has 17 heteroatoms. The van der Waals surface area contributed by atoms with Gasteiger partial charge in [-0.3, -0.25) is 9.59 Å². The molecule has 2 bridgehead atoms. The quantitative estimate of drug-likeness (QED) is 0.180. The molecule has 4 aliphatic rings. The number of ether oxygens (including phenoxy) is 4. The molecule has 0 aromatic heterocycles. The fourth-order valence-electron chi connectivity index (χ4n) is 8.67. The van der Waals surface area contributed by atoms with Crippen LogP contribution in [0.3, 0.4) is 0 Å². The van der Waals surface area contributed by atoms with Gasteiger partial charge in [0.15, 0.2) is 12.1 Å². The van der Waals surface area contributed by atoms with Gasteiger partial charge in [-0.2, -0.15) is 0 Å². The number of carbonyl (C=O) groups excluding carboxylic acids is 2. The Morgan fingerprint density at radius 2 is 1.33 bits per heavy atom. The molecule has 1 amide bonds. The molecule has 10 unspecified atom stereocenters. The number of allylic oxidation sites excluding steroid dienone is 12. The second-order valence-corrected chi connectivity index (χ2v) is 19.0. The first kappa shape index (κ1) is 56.2. The number of aliphatic hydroxyl groups excluding tert-OH is 7. The highest BCUT2D eigenvalue weighted by Crippen LogP contribution is 2.38. The third kappa shape index (κ3) is 19.9. The number of fused-ring (bicyclic) bond motifs is 2. The molecule has 16 atom stereocenters. The summed E-state index contributed by atoms with van der Waals surface area (Å²) in [7, 11) is 0. The van der Waals surface area contributed by atoms with E-state index in [2.05, 4.69) is 5.32 Å². The van der Waals surface area contributed by atoms with Crippen molar-refractivity contribution in [3.8, 4) is 0 Å². The summed E-state index contributed by atoms with van der Waals surface area (Å²) in [5, 5.41) is 89.9. The second-order valence-electron chi connectivity index (χ2n) is 19.0. The number of cyclic esters (lactones) is 1. The predicted octanol–water partition coefficient (Wildman–Crippen LogP) is 1.90. The van der Waals surface area contributed by atoms with Crippen molar-refractivity contribution in [3.05, 3.63) is 85.1 Å². The largest absolute Gasteiger partial charge is 0.462 e. The Morgan fingerprint density at radius 1 is 0.716 bits per heavy atom. The van der Waals surface area contributed by atoms with Crippen molar-refractivity contribution < 1.29 is 69.4 Å². The Hall–Kier alpha value is -3.40. The molecular formula is C50H79N3O14.